The molecule has 13 heavy (non-hydrogen) atoms. The molecular formula is C7H9N3O3. The van der Waals surface area contributed by atoms with Crippen LogP contribution >= 0.6 is 0 Å². The first-order valence-corrected chi connectivity index (χ1v) is 3.44. The number of nitrogens with zero attached hydrogens (tertiary/aromatic N) is 2. The number of isocyanates is 3. The molecule has 0 heterocycles. The minimum absolute atomic E-state index is 0.569. The standard InChI is InChI=1S/C6H8N2O2.CHNO/c1-2-3-6(7-4-9)8-5-10;2-1-3/h6H,2-3H2,1H3;2H. The normalized spacial score (nSPS) is 9.00. The van der Waals surface area contributed by atoms with Gasteiger partial charge in [-0.25, -0.2) is 19.8 Å². The summed E-state index contributed by atoms with van der Waals surface area (Å²) in [5, 5.41) is 5.40. The zero-order valence-electron chi connectivity index (χ0n) is 7.11. The van der Waals surface area contributed by atoms with Crippen molar-refractivity contribution in [2.24, 2.45) is 9.98 Å². The molecule has 70 valence electrons. The van der Waals surface area contributed by atoms with Crippen molar-refractivity contribution in [3.8, 4) is 0 Å². The molecule has 6 heteroatoms. The van der Waals surface area contributed by atoms with Crippen LogP contribution < -0.4 is 0 Å². The maximum Gasteiger partial charge on any atom is 0.237 e. The van der Waals surface area contributed by atoms with Crippen LogP contribution in [0.3, 0.4) is 0 Å². The molecule has 0 aromatic carbocycles. The van der Waals surface area contributed by atoms with Crippen molar-refractivity contribution in [3.63, 3.8) is 0 Å². The lowest BCUT2D eigenvalue weighted by molar-refractivity contribution is 0.541. The number of rotatable bonds is 4. The molecule has 0 radical (unpaired) electrons. The fourth-order valence-corrected chi connectivity index (χ4v) is 0.538. The SMILES string of the molecule is CCCC(N=C=O)N=C=O.N=C=O. The zero-order valence-corrected chi connectivity index (χ0v) is 7.11. The van der Waals surface area contributed by atoms with Gasteiger partial charge in [-0.1, -0.05) is 13.3 Å². The second kappa shape index (κ2) is 12.8. The molecule has 0 aromatic heterocycles. The highest BCUT2D eigenvalue weighted by molar-refractivity contribution is 5.36. The average molecular weight is 183 g/mol. The Bertz CT molecular complexity index is 228. The minimum Gasteiger partial charge on any atom is -0.222 e. The van der Waals surface area contributed by atoms with Crippen molar-refractivity contribution >= 4 is 18.2 Å². The van der Waals surface area contributed by atoms with E-state index in [4.69, 9.17) is 10.2 Å². The van der Waals surface area contributed by atoms with Gasteiger partial charge in [0.1, 0.15) is 0 Å². The van der Waals surface area contributed by atoms with Crippen LogP contribution in [-0.4, -0.2) is 24.4 Å². The molecule has 0 spiro atoms. The van der Waals surface area contributed by atoms with Gasteiger partial charge in [0.05, 0.1) is 0 Å². The van der Waals surface area contributed by atoms with Crippen molar-refractivity contribution in [1.29, 1.82) is 5.41 Å². The third-order valence-electron chi connectivity index (χ3n) is 0.950. The van der Waals surface area contributed by atoms with Crippen LogP contribution in [0.5, 0.6) is 0 Å². The Hall–Kier alpha value is -1.86. The molecule has 0 amide bonds. The first kappa shape index (κ1) is 13.7. The lowest BCUT2D eigenvalue weighted by Crippen LogP contribution is -1.97. The number of carbonyl (C=O) groups excluding carboxylic acids is 3. The highest BCUT2D eigenvalue weighted by Gasteiger charge is 1.99. The molecule has 0 saturated heterocycles. The van der Waals surface area contributed by atoms with Crippen molar-refractivity contribution in [1.82, 2.24) is 0 Å². The Morgan fingerprint density at radius 1 is 1.23 bits per heavy atom. The van der Waals surface area contributed by atoms with Gasteiger partial charge < -0.3 is 0 Å². The molecule has 0 bridgehead atoms. The van der Waals surface area contributed by atoms with Gasteiger partial charge in [0.2, 0.25) is 18.2 Å². The van der Waals surface area contributed by atoms with Crippen LogP contribution in [0.1, 0.15) is 19.8 Å². The molecule has 0 unspecified atom stereocenters. The van der Waals surface area contributed by atoms with E-state index in [9.17, 15) is 9.59 Å². The smallest absolute Gasteiger partial charge is 0.222 e. The third-order valence-corrected chi connectivity index (χ3v) is 0.950. The van der Waals surface area contributed by atoms with Gasteiger partial charge in [-0.15, -0.1) is 0 Å². The van der Waals surface area contributed by atoms with Crippen molar-refractivity contribution in [2.75, 3.05) is 0 Å². The summed E-state index contributed by atoms with van der Waals surface area (Å²) in [5.41, 5.74) is 0. The van der Waals surface area contributed by atoms with E-state index in [1.165, 1.54) is 12.2 Å². The number of nitrogens with one attached hydrogen (secondary N) is 1. The second-order valence-corrected chi connectivity index (χ2v) is 1.81. The molecule has 0 atom stereocenters. The summed E-state index contributed by atoms with van der Waals surface area (Å²) in [6.07, 6.45) is 4.27. The fraction of sp³-hybridized carbons (Fsp3) is 0.571. The maximum absolute atomic E-state index is 9.68. The summed E-state index contributed by atoms with van der Waals surface area (Å²) < 4.78 is 0. The molecule has 0 aliphatic carbocycles. The van der Waals surface area contributed by atoms with Crippen LogP contribution in [0.25, 0.3) is 0 Å². The predicted molar refractivity (Wildman–Crippen MR) is 43.4 cm³/mol. The fourth-order valence-electron chi connectivity index (χ4n) is 0.538. The molecule has 0 saturated carbocycles. The van der Waals surface area contributed by atoms with E-state index in [2.05, 4.69) is 9.98 Å². The Kier molecular flexibility index (Phi) is 13.5. The highest BCUT2D eigenvalue weighted by atomic mass is 16.1. The lowest BCUT2D eigenvalue weighted by Gasteiger charge is -1.96. The van der Waals surface area contributed by atoms with E-state index < -0.39 is 6.17 Å². The molecule has 0 rings (SSSR count). The lowest BCUT2D eigenvalue weighted by atomic mass is 10.3. The topological polar surface area (TPSA) is 99.8 Å². The van der Waals surface area contributed by atoms with E-state index in [1.54, 1.807) is 0 Å². The van der Waals surface area contributed by atoms with E-state index in [0.717, 1.165) is 12.5 Å². The first-order valence-electron chi connectivity index (χ1n) is 3.44. The van der Waals surface area contributed by atoms with Gasteiger partial charge in [-0.2, -0.15) is 9.98 Å². The summed E-state index contributed by atoms with van der Waals surface area (Å²) in [5.74, 6) is 0. The van der Waals surface area contributed by atoms with Crippen molar-refractivity contribution < 1.29 is 14.4 Å². The first-order chi connectivity index (χ1) is 6.26. The Morgan fingerprint density at radius 3 is 1.85 bits per heavy atom. The van der Waals surface area contributed by atoms with Crippen molar-refractivity contribution in [3.05, 3.63) is 0 Å². The van der Waals surface area contributed by atoms with Crippen LogP contribution in [0.15, 0.2) is 9.98 Å². The minimum atomic E-state index is -0.569. The summed E-state index contributed by atoms with van der Waals surface area (Å²) in [4.78, 5) is 34.3. The van der Waals surface area contributed by atoms with Crippen LogP contribution in [0.4, 0.5) is 0 Å². The Labute approximate surface area is 74.9 Å². The molecule has 1 N–H and O–H groups in total. The van der Waals surface area contributed by atoms with Gasteiger partial charge in [0, 0.05) is 0 Å². The van der Waals surface area contributed by atoms with Gasteiger partial charge in [-0.3, -0.25) is 0 Å². The van der Waals surface area contributed by atoms with Gasteiger partial charge in [0.15, 0.2) is 6.17 Å². The molecule has 0 aliphatic heterocycles. The van der Waals surface area contributed by atoms with E-state index >= 15 is 0 Å². The summed E-state index contributed by atoms with van der Waals surface area (Å²) in [6, 6.07) is 0. The van der Waals surface area contributed by atoms with Crippen LogP contribution in [0.2, 0.25) is 0 Å². The summed E-state index contributed by atoms with van der Waals surface area (Å²) in [6.45, 7) is 1.91. The predicted octanol–water partition coefficient (Wildman–Crippen LogP) is 0.685. The summed E-state index contributed by atoms with van der Waals surface area (Å²) in [7, 11) is 0. The molecule has 0 aromatic rings. The maximum atomic E-state index is 9.68. The monoisotopic (exact) mass is 183 g/mol. The molecule has 6 nitrogen and oxygen atoms in total. The second-order valence-electron chi connectivity index (χ2n) is 1.81. The number of hydrogen-bond acceptors (Lipinski definition) is 6. The zero-order chi connectivity index (χ0) is 10.5. The molecular weight excluding hydrogens is 174 g/mol. The quantitative estimate of drug-likeness (QED) is 0.512. The molecule has 0 fully saturated rings. The number of aliphatic imine (C=N–C) groups is 2. The van der Waals surface area contributed by atoms with Crippen LogP contribution in [0, 0.1) is 5.41 Å². The highest BCUT2D eigenvalue weighted by Crippen LogP contribution is 2.00. The average Bonchev–Trinajstić information content (AvgIpc) is 2.07. The van der Waals surface area contributed by atoms with Gasteiger partial charge >= 0.3 is 0 Å². The van der Waals surface area contributed by atoms with E-state index in [1.807, 2.05) is 6.92 Å². The van der Waals surface area contributed by atoms with E-state index in [-0.39, 0.29) is 0 Å². The Morgan fingerprint density at radius 2 is 1.62 bits per heavy atom. The number of hydrogen-bond donors (Lipinski definition) is 1. The molecule has 0 aliphatic rings. The van der Waals surface area contributed by atoms with Crippen LogP contribution in [-0.2, 0) is 14.4 Å². The third kappa shape index (κ3) is 13.2. The Balaban J connectivity index is 0. The largest absolute Gasteiger partial charge is 0.237 e. The summed E-state index contributed by atoms with van der Waals surface area (Å²) >= 11 is 0. The van der Waals surface area contributed by atoms with Crippen molar-refractivity contribution in [2.45, 2.75) is 25.9 Å². The van der Waals surface area contributed by atoms with Gasteiger partial charge in [0.25, 0.3) is 0 Å². The van der Waals surface area contributed by atoms with E-state index in [0.29, 0.717) is 6.42 Å². The van der Waals surface area contributed by atoms with Gasteiger partial charge in [-0.05, 0) is 6.42 Å².